The minimum Gasteiger partial charge on any atom is -0.367 e. The van der Waals surface area contributed by atoms with Crippen molar-refractivity contribution in [3.63, 3.8) is 0 Å². The van der Waals surface area contributed by atoms with Crippen molar-refractivity contribution in [3.8, 4) is 11.3 Å². The molecule has 132 valence electrons. The number of aryl methyl sites for hydroxylation is 1. The van der Waals surface area contributed by atoms with E-state index >= 15 is 0 Å². The highest BCUT2D eigenvalue weighted by molar-refractivity contribution is 5.85. The molecule has 0 unspecified atom stereocenters. The van der Waals surface area contributed by atoms with E-state index in [1.807, 2.05) is 25.1 Å². The topological polar surface area (TPSA) is 81.5 Å². The van der Waals surface area contributed by atoms with Crippen LogP contribution < -0.4 is 5.73 Å². The van der Waals surface area contributed by atoms with E-state index in [0.29, 0.717) is 11.4 Å². The lowest BCUT2D eigenvalue weighted by Gasteiger charge is -2.06. The van der Waals surface area contributed by atoms with Gasteiger partial charge in [0.1, 0.15) is 0 Å². The molecule has 0 atom stereocenters. The molecule has 0 spiro atoms. The summed E-state index contributed by atoms with van der Waals surface area (Å²) in [7, 11) is 0. The maximum absolute atomic E-state index is 12.3. The summed E-state index contributed by atoms with van der Waals surface area (Å²) in [4.78, 5) is 13.0. The number of alkyl halides is 2. The standard InChI is InChI=1S/C17H18F2N6.H2/c1-10(3-6-16(18)19)22-13-4-5-14(23-11(13)2)12-7-8-25-15(12)9-21-17(20)24-25;/h4-5,7-9,16H,3,6H2,1-2H3,(H2,20,24);1H. The van der Waals surface area contributed by atoms with Gasteiger partial charge >= 0.3 is 0 Å². The van der Waals surface area contributed by atoms with Crippen LogP contribution in [0.25, 0.3) is 16.8 Å². The number of rotatable bonds is 5. The number of nitrogen functional groups attached to an aromatic ring is 1. The fourth-order valence-electron chi connectivity index (χ4n) is 2.53. The molecule has 3 aromatic heterocycles. The average Bonchev–Trinajstić information content (AvgIpc) is 2.97. The number of halogens is 2. The van der Waals surface area contributed by atoms with Gasteiger partial charge in [-0.2, -0.15) is 0 Å². The average molecular weight is 346 g/mol. The second-order valence-electron chi connectivity index (χ2n) is 5.75. The number of aromatic nitrogens is 4. The molecule has 0 aliphatic carbocycles. The molecule has 2 N–H and O–H groups in total. The first-order chi connectivity index (χ1) is 11.9. The first-order valence-electron chi connectivity index (χ1n) is 7.84. The molecule has 3 rings (SSSR count). The number of hydrogen-bond donors (Lipinski definition) is 1. The zero-order chi connectivity index (χ0) is 18.0. The zero-order valence-corrected chi connectivity index (χ0v) is 13.9. The summed E-state index contributed by atoms with van der Waals surface area (Å²) in [5.74, 6) is 0.197. The highest BCUT2D eigenvalue weighted by Crippen LogP contribution is 2.27. The van der Waals surface area contributed by atoms with Crippen LogP contribution in [-0.4, -0.2) is 31.7 Å². The number of hydrogen-bond acceptors (Lipinski definition) is 5. The third-order valence-corrected chi connectivity index (χ3v) is 3.80. The largest absolute Gasteiger partial charge is 0.367 e. The fraction of sp³-hybridized carbons (Fsp3) is 0.294. The Morgan fingerprint density at radius 3 is 2.88 bits per heavy atom. The summed E-state index contributed by atoms with van der Waals surface area (Å²) in [6, 6.07) is 5.57. The lowest BCUT2D eigenvalue weighted by atomic mass is 10.1. The molecule has 0 bridgehead atoms. The smallest absolute Gasteiger partial charge is 0.239 e. The van der Waals surface area contributed by atoms with Crippen molar-refractivity contribution in [2.75, 3.05) is 5.73 Å². The van der Waals surface area contributed by atoms with E-state index in [9.17, 15) is 8.78 Å². The Kier molecular flexibility index (Phi) is 4.69. The first-order valence-corrected chi connectivity index (χ1v) is 7.84. The van der Waals surface area contributed by atoms with Crippen LogP contribution in [0.1, 0.15) is 26.9 Å². The molecule has 3 heterocycles. The van der Waals surface area contributed by atoms with Crippen LogP contribution in [0.5, 0.6) is 0 Å². The highest BCUT2D eigenvalue weighted by Gasteiger charge is 2.10. The van der Waals surface area contributed by atoms with E-state index < -0.39 is 6.43 Å². The van der Waals surface area contributed by atoms with Crippen LogP contribution in [0, 0.1) is 6.92 Å². The van der Waals surface area contributed by atoms with Crippen molar-refractivity contribution in [2.24, 2.45) is 4.99 Å². The van der Waals surface area contributed by atoms with Gasteiger partial charge in [-0.1, -0.05) is 0 Å². The molecule has 0 aromatic carbocycles. The number of nitrogens with two attached hydrogens (primary N) is 1. The van der Waals surface area contributed by atoms with Crippen LogP contribution in [-0.2, 0) is 0 Å². The minimum absolute atomic E-state index is 0. The number of aliphatic imine (C=N–C) groups is 1. The molecule has 0 amide bonds. The second-order valence-corrected chi connectivity index (χ2v) is 5.75. The molecular formula is C17H20F2N6. The number of fused-ring (bicyclic) bond motifs is 1. The number of anilines is 1. The molecule has 0 fully saturated rings. The van der Waals surface area contributed by atoms with E-state index in [0.717, 1.165) is 22.5 Å². The molecule has 0 aliphatic heterocycles. The van der Waals surface area contributed by atoms with Gasteiger partial charge in [-0.15, -0.1) is 5.10 Å². The fourth-order valence-corrected chi connectivity index (χ4v) is 2.53. The Bertz CT molecular complexity index is 938. The molecule has 3 aromatic rings. The lowest BCUT2D eigenvalue weighted by Crippen LogP contribution is -1.99. The molecule has 0 saturated carbocycles. The van der Waals surface area contributed by atoms with Crippen LogP contribution in [0.3, 0.4) is 0 Å². The highest BCUT2D eigenvalue weighted by atomic mass is 19.3. The Morgan fingerprint density at radius 1 is 1.36 bits per heavy atom. The molecular weight excluding hydrogens is 326 g/mol. The van der Waals surface area contributed by atoms with Crippen LogP contribution in [0.4, 0.5) is 20.4 Å². The molecule has 6 nitrogen and oxygen atoms in total. The molecule has 0 radical (unpaired) electrons. The van der Waals surface area contributed by atoms with Crippen molar-refractivity contribution < 1.29 is 10.2 Å². The van der Waals surface area contributed by atoms with Crippen LogP contribution in [0.2, 0.25) is 0 Å². The van der Waals surface area contributed by atoms with Crippen molar-refractivity contribution in [1.82, 2.24) is 19.6 Å². The first kappa shape index (κ1) is 16.9. The molecule has 0 saturated heterocycles. The van der Waals surface area contributed by atoms with Crippen LogP contribution >= 0.6 is 0 Å². The lowest BCUT2D eigenvalue weighted by molar-refractivity contribution is 0.140. The Labute approximate surface area is 144 Å². The quantitative estimate of drug-likeness (QED) is 0.706. The third kappa shape index (κ3) is 3.78. The Balaban J connectivity index is 0.00000243. The van der Waals surface area contributed by atoms with Gasteiger partial charge in [0.25, 0.3) is 0 Å². The Morgan fingerprint density at radius 2 is 2.16 bits per heavy atom. The van der Waals surface area contributed by atoms with Crippen molar-refractivity contribution >= 4 is 22.9 Å². The summed E-state index contributed by atoms with van der Waals surface area (Å²) in [5.41, 5.74) is 10.1. The van der Waals surface area contributed by atoms with Gasteiger partial charge in [-0.05, 0) is 38.5 Å². The maximum atomic E-state index is 12.3. The van der Waals surface area contributed by atoms with Crippen molar-refractivity contribution in [2.45, 2.75) is 33.1 Å². The summed E-state index contributed by atoms with van der Waals surface area (Å²) >= 11 is 0. The SMILES string of the molecule is CC(CCC(F)F)=Nc1ccc(-c2ccn3nc(N)ncc23)nc1C.[HH]. The number of nitrogens with zero attached hydrogens (tertiary/aromatic N) is 5. The van der Waals surface area contributed by atoms with Gasteiger partial charge in [0.2, 0.25) is 12.4 Å². The molecule has 8 heteroatoms. The van der Waals surface area contributed by atoms with Gasteiger partial charge in [0.05, 0.1) is 28.8 Å². The number of pyridine rings is 1. The minimum atomic E-state index is -2.31. The van der Waals surface area contributed by atoms with Gasteiger partial charge in [0, 0.05) is 25.3 Å². The van der Waals surface area contributed by atoms with Crippen LogP contribution in [0.15, 0.2) is 35.6 Å². The third-order valence-electron chi connectivity index (χ3n) is 3.80. The van der Waals surface area contributed by atoms with E-state index in [1.54, 1.807) is 23.8 Å². The molecule has 25 heavy (non-hydrogen) atoms. The van der Waals surface area contributed by atoms with Crippen molar-refractivity contribution in [1.29, 1.82) is 0 Å². The van der Waals surface area contributed by atoms with Gasteiger partial charge in [-0.25, -0.2) is 18.3 Å². The summed E-state index contributed by atoms with van der Waals surface area (Å²) in [6.07, 6.45) is 1.21. The predicted octanol–water partition coefficient (Wildman–Crippen LogP) is 4.07. The second kappa shape index (κ2) is 6.92. The maximum Gasteiger partial charge on any atom is 0.239 e. The van der Waals surface area contributed by atoms with E-state index in [4.69, 9.17) is 5.73 Å². The van der Waals surface area contributed by atoms with Gasteiger partial charge in [-0.3, -0.25) is 9.98 Å². The normalized spacial score (nSPS) is 12.3. The van der Waals surface area contributed by atoms with Crippen molar-refractivity contribution in [3.05, 3.63) is 36.3 Å². The summed E-state index contributed by atoms with van der Waals surface area (Å²) in [6.45, 7) is 3.59. The molecule has 0 aliphatic rings. The van der Waals surface area contributed by atoms with Gasteiger partial charge < -0.3 is 5.73 Å². The van der Waals surface area contributed by atoms with E-state index in [-0.39, 0.29) is 20.2 Å². The summed E-state index contributed by atoms with van der Waals surface area (Å²) < 4.78 is 26.2. The van der Waals surface area contributed by atoms with E-state index in [2.05, 4.69) is 20.1 Å². The zero-order valence-electron chi connectivity index (χ0n) is 13.9. The summed E-state index contributed by atoms with van der Waals surface area (Å²) in [5, 5.41) is 4.11. The monoisotopic (exact) mass is 346 g/mol. The Hall–Kier alpha value is -2.90. The van der Waals surface area contributed by atoms with Gasteiger partial charge in [0.15, 0.2) is 0 Å². The van der Waals surface area contributed by atoms with E-state index in [1.165, 1.54) is 0 Å². The predicted molar refractivity (Wildman–Crippen MR) is 95.5 cm³/mol.